The molecule has 4 nitrogen and oxygen atoms in total. The van der Waals surface area contributed by atoms with Crippen molar-refractivity contribution in [3.8, 4) is 0 Å². The van der Waals surface area contributed by atoms with Gasteiger partial charge < -0.3 is 9.67 Å². The summed E-state index contributed by atoms with van der Waals surface area (Å²) in [5.74, 6) is 1.41. The maximum atomic E-state index is 9.13. The third-order valence-corrected chi connectivity index (χ3v) is 3.56. The van der Waals surface area contributed by atoms with Crippen molar-refractivity contribution < 1.29 is 5.11 Å². The summed E-state index contributed by atoms with van der Waals surface area (Å²) in [6, 6.07) is 0.419. The summed E-state index contributed by atoms with van der Waals surface area (Å²) in [6.45, 7) is 2.19. The van der Waals surface area contributed by atoms with Gasteiger partial charge in [0.1, 0.15) is 12.9 Å². The van der Waals surface area contributed by atoms with Crippen LogP contribution in [0.5, 0.6) is 0 Å². The lowest BCUT2D eigenvalue weighted by molar-refractivity contribution is 0.230. The van der Waals surface area contributed by atoms with Crippen molar-refractivity contribution in [2.45, 2.75) is 51.7 Å². The van der Waals surface area contributed by atoms with Crippen molar-refractivity contribution >= 4 is 0 Å². The molecule has 84 valence electrons. The molecular weight excluding hydrogens is 190 g/mol. The highest BCUT2D eigenvalue weighted by Gasteiger charge is 2.22. The number of aliphatic hydroxyl groups is 1. The fraction of sp³-hybridized carbons (Fsp3) is 0.818. The van der Waals surface area contributed by atoms with E-state index in [0.29, 0.717) is 11.9 Å². The van der Waals surface area contributed by atoms with Crippen molar-refractivity contribution in [1.29, 1.82) is 0 Å². The lowest BCUT2D eigenvalue weighted by Crippen LogP contribution is -2.20. The summed E-state index contributed by atoms with van der Waals surface area (Å²) in [7, 11) is 0. The molecule has 0 spiro atoms. The molecule has 1 saturated carbocycles. The highest BCUT2D eigenvalue weighted by molar-refractivity contribution is 4.88. The number of hydrogen-bond donors (Lipinski definition) is 1. The van der Waals surface area contributed by atoms with Crippen LogP contribution in [0.3, 0.4) is 0 Å². The second kappa shape index (κ2) is 4.75. The molecular formula is C11H19N3O. The largest absolute Gasteiger partial charge is 0.388 e. The molecule has 0 aliphatic heterocycles. The fourth-order valence-corrected chi connectivity index (χ4v) is 2.56. The number of aliphatic hydroxyl groups excluding tert-OH is 1. The summed E-state index contributed by atoms with van der Waals surface area (Å²) in [5.41, 5.74) is 0. The Kier molecular flexibility index (Phi) is 3.36. The van der Waals surface area contributed by atoms with Gasteiger partial charge in [-0.3, -0.25) is 0 Å². The lowest BCUT2D eigenvalue weighted by atomic mass is 9.84. The summed E-state index contributed by atoms with van der Waals surface area (Å²) >= 11 is 0. The standard InChI is InChI=1S/C11H19N3O/c1-9(10-5-3-2-4-6-10)14-8-12-13-11(14)7-15/h8-10,15H,2-7H2,1H3. The van der Waals surface area contributed by atoms with E-state index in [1.54, 1.807) is 6.33 Å². The molecule has 0 saturated heterocycles. The maximum absolute atomic E-state index is 9.13. The predicted octanol–water partition coefficient (Wildman–Crippen LogP) is 1.91. The minimum absolute atomic E-state index is 0.0168. The average molecular weight is 209 g/mol. The quantitative estimate of drug-likeness (QED) is 0.827. The molecule has 1 aliphatic carbocycles. The summed E-state index contributed by atoms with van der Waals surface area (Å²) < 4.78 is 2.02. The van der Waals surface area contributed by atoms with E-state index in [-0.39, 0.29) is 6.61 Å². The molecule has 1 aromatic rings. The van der Waals surface area contributed by atoms with Crippen LogP contribution in [-0.2, 0) is 6.61 Å². The van der Waals surface area contributed by atoms with Crippen LogP contribution in [0.4, 0.5) is 0 Å². The molecule has 0 bridgehead atoms. The van der Waals surface area contributed by atoms with Gasteiger partial charge >= 0.3 is 0 Å². The van der Waals surface area contributed by atoms with Gasteiger partial charge in [0.15, 0.2) is 5.82 Å². The van der Waals surface area contributed by atoms with Gasteiger partial charge in [-0.1, -0.05) is 19.3 Å². The predicted molar refractivity (Wildman–Crippen MR) is 57.2 cm³/mol. The molecule has 0 amide bonds. The molecule has 0 aromatic carbocycles. The first-order valence-electron chi connectivity index (χ1n) is 5.82. The zero-order chi connectivity index (χ0) is 10.7. The monoisotopic (exact) mass is 209 g/mol. The number of rotatable bonds is 3. The van der Waals surface area contributed by atoms with E-state index in [4.69, 9.17) is 5.11 Å². The molecule has 2 rings (SSSR count). The summed E-state index contributed by atoms with van der Waals surface area (Å²) in [5, 5.41) is 16.9. The molecule has 1 N–H and O–H groups in total. The lowest BCUT2D eigenvalue weighted by Gasteiger charge is -2.28. The number of nitrogens with zero attached hydrogens (tertiary/aromatic N) is 3. The zero-order valence-corrected chi connectivity index (χ0v) is 9.26. The van der Waals surface area contributed by atoms with E-state index in [0.717, 1.165) is 5.92 Å². The second-order valence-corrected chi connectivity index (χ2v) is 4.45. The molecule has 1 unspecified atom stereocenters. The van der Waals surface area contributed by atoms with Crippen LogP contribution in [0.2, 0.25) is 0 Å². The first-order chi connectivity index (χ1) is 7.33. The third kappa shape index (κ3) is 2.20. The van der Waals surface area contributed by atoms with Crippen LogP contribution in [0, 0.1) is 5.92 Å². The highest BCUT2D eigenvalue weighted by Crippen LogP contribution is 2.32. The Morgan fingerprint density at radius 3 is 2.87 bits per heavy atom. The van der Waals surface area contributed by atoms with Gasteiger partial charge in [-0.05, 0) is 25.7 Å². The van der Waals surface area contributed by atoms with Gasteiger partial charge in [0.25, 0.3) is 0 Å². The maximum Gasteiger partial charge on any atom is 0.158 e. The van der Waals surface area contributed by atoms with Crippen molar-refractivity contribution in [2.75, 3.05) is 0 Å². The SMILES string of the molecule is CC(C1CCCCC1)n1cnnc1CO. The molecule has 1 aromatic heterocycles. The number of hydrogen-bond acceptors (Lipinski definition) is 3. The first kappa shape index (κ1) is 10.6. The minimum atomic E-state index is -0.0168. The highest BCUT2D eigenvalue weighted by atomic mass is 16.3. The Morgan fingerprint density at radius 2 is 2.20 bits per heavy atom. The van der Waals surface area contributed by atoms with Crippen LogP contribution in [0.25, 0.3) is 0 Å². The number of aromatic nitrogens is 3. The minimum Gasteiger partial charge on any atom is -0.388 e. The van der Waals surface area contributed by atoms with E-state index >= 15 is 0 Å². The Morgan fingerprint density at radius 1 is 1.47 bits per heavy atom. The normalized spacial score (nSPS) is 20.4. The van der Waals surface area contributed by atoms with Gasteiger partial charge in [-0.15, -0.1) is 10.2 Å². The molecule has 1 aliphatic rings. The molecule has 15 heavy (non-hydrogen) atoms. The Labute approximate surface area is 90.3 Å². The van der Waals surface area contributed by atoms with Crippen molar-refractivity contribution in [3.05, 3.63) is 12.2 Å². The van der Waals surface area contributed by atoms with E-state index in [1.165, 1.54) is 32.1 Å². The summed E-state index contributed by atoms with van der Waals surface area (Å²) in [4.78, 5) is 0. The van der Waals surface area contributed by atoms with Crippen molar-refractivity contribution in [1.82, 2.24) is 14.8 Å². The Hall–Kier alpha value is -0.900. The van der Waals surface area contributed by atoms with Crippen LogP contribution >= 0.6 is 0 Å². The van der Waals surface area contributed by atoms with Crippen molar-refractivity contribution in [2.24, 2.45) is 5.92 Å². The fourth-order valence-electron chi connectivity index (χ4n) is 2.56. The van der Waals surface area contributed by atoms with Crippen molar-refractivity contribution in [3.63, 3.8) is 0 Å². The second-order valence-electron chi connectivity index (χ2n) is 4.45. The Balaban J connectivity index is 2.08. The van der Waals surface area contributed by atoms with Gasteiger partial charge in [0.2, 0.25) is 0 Å². The van der Waals surface area contributed by atoms with Crippen LogP contribution < -0.4 is 0 Å². The van der Waals surface area contributed by atoms with E-state index in [9.17, 15) is 0 Å². The van der Waals surface area contributed by atoms with Crippen LogP contribution in [0.15, 0.2) is 6.33 Å². The molecule has 1 heterocycles. The van der Waals surface area contributed by atoms with E-state index < -0.39 is 0 Å². The summed E-state index contributed by atoms with van der Waals surface area (Å²) in [6.07, 6.45) is 8.38. The molecule has 1 fully saturated rings. The van der Waals surface area contributed by atoms with E-state index in [1.807, 2.05) is 4.57 Å². The smallest absolute Gasteiger partial charge is 0.158 e. The molecule has 0 radical (unpaired) electrons. The van der Waals surface area contributed by atoms with Gasteiger partial charge in [0, 0.05) is 6.04 Å². The average Bonchev–Trinajstić information content (AvgIpc) is 2.77. The van der Waals surface area contributed by atoms with Gasteiger partial charge in [0.05, 0.1) is 0 Å². The Bertz CT molecular complexity index is 305. The molecule has 4 heteroatoms. The van der Waals surface area contributed by atoms with E-state index in [2.05, 4.69) is 17.1 Å². The topological polar surface area (TPSA) is 50.9 Å². The van der Waals surface area contributed by atoms with Gasteiger partial charge in [-0.2, -0.15) is 0 Å². The van der Waals surface area contributed by atoms with Crippen LogP contribution in [-0.4, -0.2) is 19.9 Å². The van der Waals surface area contributed by atoms with Crippen LogP contribution in [0.1, 0.15) is 50.9 Å². The zero-order valence-electron chi connectivity index (χ0n) is 9.26. The first-order valence-corrected chi connectivity index (χ1v) is 5.82. The van der Waals surface area contributed by atoms with Gasteiger partial charge in [-0.25, -0.2) is 0 Å². The molecule has 1 atom stereocenters. The third-order valence-electron chi connectivity index (χ3n) is 3.56.